The number of esters is 1. The van der Waals surface area contributed by atoms with Crippen molar-refractivity contribution in [2.75, 3.05) is 13.2 Å². The Labute approximate surface area is 78.2 Å². The molecule has 0 spiro atoms. The van der Waals surface area contributed by atoms with E-state index in [1.54, 1.807) is 6.92 Å². The van der Waals surface area contributed by atoms with Crippen molar-refractivity contribution in [3.05, 3.63) is 0 Å². The molecule has 1 N–H and O–H groups in total. The molecule has 0 saturated carbocycles. The minimum absolute atomic E-state index is 0. The van der Waals surface area contributed by atoms with Gasteiger partial charge in [0, 0.05) is 6.92 Å². The summed E-state index contributed by atoms with van der Waals surface area (Å²) in [4.78, 5) is 10.7. The molecule has 0 saturated heterocycles. The molecule has 0 atom stereocenters. The smallest absolute Gasteiger partial charge is 0.309 e. The largest absolute Gasteiger partial charge is 0.481 e. The van der Waals surface area contributed by atoms with Gasteiger partial charge in [0.2, 0.25) is 0 Å². The monoisotopic (exact) mass is 195 g/mol. The van der Waals surface area contributed by atoms with Gasteiger partial charge in [-0.25, -0.2) is 0 Å². The standard InChI is InChI=1S/C7H13NO3.ClH/c1-3-10-7(9)4-5-11-6(2)8;/h8H,3-5H2,1-2H3;1H. The summed E-state index contributed by atoms with van der Waals surface area (Å²) in [5.41, 5.74) is 0. The van der Waals surface area contributed by atoms with Crippen molar-refractivity contribution in [2.45, 2.75) is 20.3 Å². The second kappa shape index (κ2) is 8.33. The fourth-order valence-electron chi connectivity index (χ4n) is 0.521. The van der Waals surface area contributed by atoms with Gasteiger partial charge in [0.1, 0.15) is 6.61 Å². The average molecular weight is 196 g/mol. The Morgan fingerprint density at radius 3 is 2.42 bits per heavy atom. The predicted molar refractivity (Wildman–Crippen MR) is 47.9 cm³/mol. The molecular weight excluding hydrogens is 182 g/mol. The number of hydrogen-bond donors (Lipinski definition) is 1. The van der Waals surface area contributed by atoms with E-state index in [9.17, 15) is 4.79 Å². The van der Waals surface area contributed by atoms with Crippen LogP contribution in [0.4, 0.5) is 0 Å². The molecule has 0 aliphatic heterocycles. The second-order valence-electron chi connectivity index (χ2n) is 1.96. The molecule has 0 radical (unpaired) electrons. The molecule has 0 fully saturated rings. The fraction of sp³-hybridized carbons (Fsp3) is 0.714. The van der Waals surface area contributed by atoms with Crippen molar-refractivity contribution in [1.29, 1.82) is 5.41 Å². The van der Waals surface area contributed by atoms with Crippen LogP contribution in [0.3, 0.4) is 0 Å². The number of ether oxygens (including phenoxy) is 2. The lowest BCUT2D eigenvalue weighted by atomic mass is 10.5. The molecule has 0 heterocycles. The fourth-order valence-corrected chi connectivity index (χ4v) is 0.521. The Balaban J connectivity index is 0. The zero-order chi connectivity index (χ0) is 8.69. The van der Waals surface area contributed by atoms with Gasteiger partial charge in [-0.15, -0.1) is 12.4 Å². The van der Waals surface area contributed by atoms with Gasteiger partial charge in [0.05, 0.1) is 13.0 Å². The first-order valence-electron chi connectivity index (χ1n) is 3.50. The van der Waals surface area contributed by atoms with E-state index in [0.29, 0.717) is 6.61 Å². The number of carbonyl (C=O) groups excluding carboxylic acids is 1. The lowest BCUT2D eigenvalue weighted by Crippen LogP contribution is -2.09. The summed E-state index contributed by atoms with van der Waals surface area (Å²) in [6, 6.07) is 0. The van der Waals surface area contributed by atoms with E-state index in [2.05, 4.69) is 4.74 Å². The number of halogens is 1. The van der Waals surface area contributed by atoms with E-state index in [4.69, 9.17) is 10.1 Å². The molecule has 0 aromatic rings. The summed E-state index contributed by atoms with van der Waals surface area (Å²) >= 11 is 0. The molecule has 0 aromatic carbocycles. The van der Waals surface area contributed by atoms with Crippen LogP contribution in [0.1, 0.15) is 20.3 Å². The molecule has 0 aliphatic rings. The van der Waals surface area contributed by atoms with Crippen molar-refractivity contribution in [2.24, 2.45) is 0 Å². The van der Waals surface area contributed by atoms with Gasteiger partial charge in [-0.1, -0.05) is 0 Å². The maximum absolute atomic E-state index is 10.7. The van der Waals surface area contributed by atoms with Gasteiger partial charge in [-0.2, -0.15) is 0 Å². The van der Waals surface area contributed by atoms with Crippen molar-refractivity contribution in [1.82, 2.24) is 0 Å². The number of nitrogens with one attached hydrogen (secondary N) is 1. The van der Waals surface area contributed by atoms with Crippen molar-refractivity contribution < 1.29 is 14.3 Å². The zero-order valence-electron chi connectivity index (χ0n) is 7.25. The maximum atomic E-state index is 10.7. The lowest BCUT2D eigenvalue weighted by Gasteiger charge is -2.02. The molecule has 0 rings (SSSR count). The summed E-state index contributed by atoms with van der Waals surface area (Å²) in [5.74, 6) is -0.164. The minimum atomic E-state index is -0.284. The Morgan fingerprint density at radius 1 is 1.42 bits per heavy atom. The van der Waals surface area contributed by atoms with E-state index < -0.39 is 0 Å². The third kappa shape index (κ3) is 9.23. The van der Waals surface area contributed by atoms with E-state index >= 15 is 0 Å². The molecule has 0 unspecified atom stereocenters. The molecule has 4 nitrogen and oxygen atoms in total. The highest BCUT2D eigenvalue weighted by Crippen LogP contribution is 1.88. The summed E-state index contributed by atoms with van der Waals surface area (Å²) in [6.45, 7) is 3.89. The van der Waals surface area contributed by atoms with Crippen LogP contribution in [0.2, 0.25) is 0 Å². The molecular formula is C7H14ClNO3. The quantitative estimate of drug-likeness (QED) is 0.419. The van der Waals surface area contributed by atoms with Gasteiger partial charge in [0.25, 0.3) is 0 Å². The third-order valence-corrected chi connectivity index (χ3v) is 0.930. The number of rotatable bonds is 4. The van der Waals surface area contributed by atoms with Crippen LogP contribution in [-0.2, 0) is 14.3 Å². The van der Waals surface area contributed by atoms with Crippen LogP contribution < -0.4 is 0 Å². The molecule has 5 heteroatoms. The van der Waals surface area contributed by atoms with Gasteiger partial charge >= 0.3 is 5.97 Å². The lowest BCUT2D eigenvalue weighted by molar-refractivity contribution is -0.143. The highest BCUT2D eigenvalue weighted by molar-refractivity contribution is 5.85. The number of hydrogen-bond acceptors (Lipinski definition) is 4. The Bertz CT molecular complexity index is 150. The van der Waals surface area contributed by atoms with Gasteiger partial charge < -0.3 is 9.47 Å². The predicted octanol–water partition coefficient (Wildman–Crippen LogP) is 1.38. The highest BCUT2D eigenvalue weighted by Gasteiger charge is 2.00. The SMILES string of the molecule is CCOC(=O)CCOC(C)=N.Cl. The first kappa shape index (κ1) is 13.8. The Hall–Kier alpha value is -0.770. The van der Waals surface area contributed by atoms with Crippen LogP contribution >= 0.6 is 12.4 Å². The zero-order valence-corrected chi connectivity index (χ0v) is 8.07. The van der Waals surface area contributed by atoms with Gasteiger partial charge in [-0.3, -0.25) is 10.2 Å². The first-order chi connectivity index (χ1) is 5.16. The van der Waals surface area contributed by atoms with Crippen molar-refractivity contribution >= 4 is 24.3 Å². The minimum Gasteiger partial charge on any atom is -0.481 e. The van der Waals surface area contributed by atoms with Gasteiger partial charge in [-0.05, 0) is 6.92 Å². The van der Waals surface area contributed by atoms with E-state index in [0.717, 1.165) is 0 Å². The van der Waals surface area contributed by atoms with E-state index in [1.165, 1.54) is 6.92 Å². The average Bonchev–Trinajstić information content (AvgIpc) is 1.87. The topological polar surface area (TPSA) is 59.4 Å². The van der Waals surface area contributed by atoms with Crippen molar-refractivity contribution in [3.63, 3.8) is 0 Å². The molecule has 0 aromatic heterocycles. The summed E-state index contributed by atoms with van der Waals surface area (Å²) in [6.07, 6.45) is 0.212. The summed E-state index contributed by atoms with van der Waals surface area (Å²) in [7, 11) is 0. The van der Waals surface area contributed by atoms with Crippen LogP contribution in [-0.4, -0.2) is 25.1 Å². The summed E-state index contributed by atoms with van der Waals surface area (Å²) < 4.78 is 9.38. The summed E-state index contributed by atoms with van der Waals surface area (Å²) in [5, 5.41) is 6.87. The Kier molecular flexibility index (Phi) is 9.57. The molecule has 0 amide bonds. The molecule has 0 aliphatic carbocycles. The third-order valence-electron chi connectivity index (χ3n) is 0.930. The maximum Gasteiger partial charge on any atom is 0.309 e. The molecule has 0 bridgehead atoms. The first-order valence-corrected chi connectivity index (χ1v) is 3.50. The van der Waals surface area contributed by atoms with Crippen LogP contribution in [0.25, 0.3) is 0 Å². The van der Waals surface area contributed by atoms with E-state index in [-0.39, 0.29) is 37.3 Å². The van der Waals surface area contributed by atoms with Crippen LogP contribution in [0.5, 0.6) is 0 Å². The molecule has 72 valence electrons. The van der Waals surface area contributed by atoms with E-state index in [1.807, 2.05) is 0 Å². The van der Waals surface area contributed by atoms with Crippen LogP contribution in [0.15, 0.2) is 0 Å². The molecule has 12 heavy (non-hydrogen) atoms. The number of carbonyl (C=O) groups is 1. The Morgan fingerprint density at radius 2 is 2.00 bits per heavy atom. The van der Waals surface area contributed by atoms with Gasteiger partial charge in [0.15, 0.2) is 5.90 Å². The highest BCUT2D eigenvalue weighted by atomic mass is 35.5. The second-order valence-corrected chi connectivity index (χ2v) is 1.96. The van der Waals surface area contributed by atoms with Crippen molar-refractivity contribution in [3.8, 4) is 0 Å². The normalized spacial score (nSPS) is 8.17. The van der Waals surface area contributed by atoms with Crippen LogP contribution in [0, 0.1) is 5.41 Å².